The molecule has 10 rings (SSSR count). The van der Waals surface area contributed by atoms with Crippen LogP contribution in [0.5, 0.6) is 0 Å². The summed E-state index contributed by atoms with van der Waals surface area (Å²) < 4.78 is 16.2. The minimum absolute atomic E-state index is 0.0139. The van der Waals surface area contributed by atoms with E-state index in [0.29, 0.717) is 72.3 Å². The summed E-state index contributed by atoms with van der Waals surface area (Å²) in [5, 5.41) is 16.3. The Morgan fingerprint density at radius 3 is 2.48 bits per heavy atom. The summed E-state index contributed by atoms with van der Waals surface area (Å²) in [5.74, 6) is -1.98. The third kappa shape index (κ3) is 6.93. The number of carbonyl (C=O) groups excluding carboxylic acids is 5. The highest BCUT2D eigenvalue weighted by atomic mass is 35.5. The van der Waals surface area contributed by atoms with Crippen LogP contribution in [0.15, 0.2) is 78.9 Å². The molecule has 320 valence electrons. The van der Waals surface area contributed by atoms with Gasteiger partial charge in [-0.3, -0.25) is 34.2 Å². The minimum Gasteiger partial charge on any atom is -0.385 e. The van der Waals surface area contributed by atoms with Crippen molar-refractivity contribution in [1.82, 2.24) is 25.8 Å². The zero-order valence-corrected chi connectivity index (χ0v) is 35.3. The number of carbonyl (C=O) groups is 5. The average Bonchev–Trinajstić information content (AvgIpc) is 3.66. The molecule has 3 saturated heterocycles. The maximum atomic E-state index is 16.2. The fraction of sp³-hybridized carbons (Fsp3) is 0.383. The number of nitrogens with one attached hydrogen (secondary N) is 5. The molecule has 0 radical (unpaired) electrons. The van der Waals surface area contributed by atoms with E-state index >= 15 is 4.39 Å². The number of imide groups is 1. The number of amides is 5. The van der Waals surface area contributed by atoms with Gasteiger partial charge in [0.25, 0.3) is 11.8 Å². The molecule has 0 aromatic heterocycles. The quantitative estimate of drug-likeness (QED) is 0.0785. The van der Waals surface area contributed by atoms with Gasteiger partial charge in [0.05, 0.1) is 5.02 Å². The minimum atomic E-state index is -1.16. The number of hydrogen-bond acceptors (Lipinski definition) is 8. The fourth-order valence-electron chi connectivity index (χ4n) is 10.7. The molecule has 6 aliphatic rings. The summed E-state index contributed by atoms with van der Waals surface area (Å²) in [5.41, 5.74) is 4.45. The number of rotatable bonds is 12. The van der Waals surface area contributed by atoms with E-state index in [2.05, 4.69) is 31.5 Å². The van der Waals surface area contributed by atoms with Crippen molar-refractivity contribution in [2.75, 3.05) is 30.3 Å². The lowest BCUT2D eigenvalue weighted by atomic mass is 9.73. The molecule has 5 heterocycles. The number of halogens is 3. The van der Waals surface area contributed by atoms with Crippen LogP contribution in [0, 0.1) is 11.7 Å². The van der Waals surface area contributed by atoms with Crippen molar-refractivity contribution in [2.24, 2.45) is 5.92 Å². The van der Waals surface area contributed by atoms with Gasteiger partial charge >= 0.3 is 0 Å². The van der Waals surface area contributed by atoms with Crippen molar-refractivity contribution in [1.29, 1.82) is 0 Å². The smallest absolute Gasteiger partial charge is 0.255 e. The molecule has 4 aromatic rings. The van der Waals surface area contributed by atoms with Gasteiger partial charge in [0, 0.05) is 95.3 Å². The molecule has 12 nitrogen and oxygen atoms in total. The first-order valence-electron chi connectivity index (χ1n) is 21.5. The van der Waals surface area contributed by atoms with Crippen LogP contribution >= 0.6 is 23.2 Å². The molecule has 1 saturated carbocycles. The number of unbranched alkanes of at least 4 members (excludes halogenated alkanes) is 1. The lowest BCUT2D eigenvalue weighted by Crippen LogP contribution is -2.53. The molecule has 4 fully saturated rings. The van der Waals surface area contributed by atoms with Crippen LogP contribution in [0.2, 0.25) is 10.0 Å². The first-order valence-corrected chi connectivity index (χ1v) is 22.2. The summed E-state index contributed by atoms with van der Waals surface area (Å²) in [4.78, 5) is 68.9. The second-order valence-corrected chi connectivity index (χ2v) is 18.3. The second kappa shape index (κ2) is 16.1. The molecular formula is C47H46Cl2FN7O5. The molecule has 5 N–H and O–H groups in total. The number of likely N-dealkylation sites (tertiary alicyclic amines) is 1. The van der Waals surface area contributed by atoms with Gasteiger partial charge in [0.1, 0.15) is 17.4 Å². The summed E-state index contributed by atoms with van der Waals surface area (Å²) in [7, 11) is 0. The predicted molar refractivity (Wildman–Crippen MR) is 232 cm³/mol. The van der Waals surface area contributed by atoms with Gasteiger partial charge in [0.2, 0.25) is 17.7 Å². The summed E-state index contributed by atoms with van der Waals surface area (Å²) in [6, 6.07) is 22.5. The maximum Gasteiger partial charge on any atom is 0.255 e. The zero-order valence-electron chi connectivity index (χ0n) is 33.8. The topological polar surface area (TPSA) is 152 Å². The summed E-state index contributed by atoms with van der Waals surface area (Å²) in [6.07, 6.45) is 4.86. The SMILES string of the molecule is O=C1CCC(N2Cc3c(NCCCCNC(=O)c4ccc([C@H]5C[C@H]6[C@@H](N5)[C@H](c5cccc(Cl)c5F)[C@]5(C(=O)Nc7cc(Cl)ccc75)N6CC5CC5)cc4)cccc3C2=O)C(=O)N1. The Labute approximate surface area is 368 Å². The van der Waals surface area contributed by atoms with E-state index in [9.17, 15) is 24.0 Å². The van der Waals surface area contributed by atoms with Crippen LogP contribution in [-0.2, 0) is 26.5 Å². The molecule has 1 aliphatic carbocycles. The van der Waals surface area contributed by atoms with E-state index in [1.54, 1.807) is 35.2 Å². The van der Waals surface area contributed by atoms with Crippen LogP contribution in [0.25, 0.3) is 0 Å². The first-order chi connectivity index (χ1) is 30.0. The van der Waals surface area contributed by atoms with Crippen LogP contribution in [0.1, 0.15) is 99.9 Å². The van der Waals surface area contributed by atoms with Crippen molar-refractivity contribution in [3.8, 4) is 0 Å². The van der Waals surface area contributed by atoms with E-state index in [4.69, 9.17) is 23.2 Å². The Morgan fingerprint density at radius 1 is 0.903 bits per heavy atom. The molecule has 4 aromatic carbocycles. The normalized spacial score (nSPS) is 26.4. The molecule has 62 heavy (non-hydrogen) atoms. The standard InChI is InChI=1S/C47H46Cl2FN7O5/c48-28-15-16-32-36(21-28)54-46(62)47(32)40(30-6-3-7-33(49)41(30)50)42-38(57(47)23-25-9-10-25)22-35(53-42)26-11-13-27(14-12-26)43(59)52-20-2-1-19-51-34-8-4-5-29-31(34)24-56(45(29)61)37-17-18-39(58)55-44(37)60/h3-8,11-16,21,25,35,37-38,40,42,51,53H,1-2,9-10,17-20,22-24H2,(H,52,59)(H,54,62)(H,55,58,60)/t35-,37?,38+,40+,42-,47-/m1/s1. The van der Waals surface area contributed by atoms with Crippen LogP contribution < -0.4 is 26.6 Å². The van der Waals surface area contributed by atoms with Crippen molar-refractivity contribution in [2.45, 2.75) is 87.1 Å². The van der Waals surface area contributed by atoms with E-state index in [1.165, 1.54) is 6.07 Å². The molecule has 5 amide bonds. The highest BCUT2D eigenvalue weighted by Gasteiger charge is 2.69. The monoisotopic (exact) mass is 877 g/mol. The third-order valence-electron chi connectivity index (χ3n) is 13.8. The highest BCUT2D eigenvalue weighted by Crippen LogP contribution is 2.61. The summed E-state index contributed by atoms with van der Waals surface area (Å²) in [6.45, 7) is 2.11. The lowest BCUT2D eigenvalue weighted by molar-refractivity contribution is -0.137. The zero-order chi connectivity index (χ0) is 42.9. The van der Waals surface area contributed by atoms with Crippen molar-refractivity contribution >= 4 is 64.1 Å². The largest absolute Gasteiger partial charge is 0.385 e. The Kier molecular flexibility index (Phi) is 10.6. The fourth-order valence-corrected chi connectivity index (χ4v) is 11.0. The number of fused-ring (bicyclic) bond motifs is 4. The second-order valence-electron chi connectivity index (χ2n) is 17.4. The van der Waals surface area contributed by atoms with Gasteiger partial charge in [-0.25, -0.2) is 4.39 Å². The molecule has 15 heteroatoms. The molecular weight excluding hydrogens is 832 g/mol. The van der Waals surface area contributed by atoms with E-state index in [-0.39, 0.29) is 53.2 Å². The third-order valence-corrected chi connectivity index (χ3v) is 14.3. The Morgan fingerprint density at radius 2 is 1.69 bits per heavy atom. The Balaban J connectivity index is 0.780. The number of nitrogens with zero attached hydrogens (tertiary/aromatic N) is 2. The van der Waals surface area contributed by atoms with Crippen LogP contribution in [-0.4, -0.2) is 77.1 Å². The van der Waals surface area contributed by atoms with E-state index in [1.807, 2.05) is 42.5 Å². The van der Waals surface area contributed by atoms with Crippen molar-refractivity contribution in [3.63, 3.8) is 0 Å². The summed E-state index contributed by atoms with van der Waals surface area (Å²) >= 11 is 12.8. The molecule has 0 bridgehead atoms. The molecule has 1 unspecified atom stereocenters. The average molecular weight is 879 g/mol. The Bertz CT molecular complexity index is 2520. The number of hydrogen-bond donors (Lipinski definition) is 5. The van der Waals surface area contributed by atoms with Crippen molar-refractivity contribution < 1.29 is 28.4 Å². The maximum absolute atomic E-state index is 16.2. The predicted octanol–water partition coefficient (Wildman–Crippen LogP) is 6.64. The van der Waals surface area contributed by atoms with Gasteiger partial charge in [-0.2, -0.15) is 0 Å². The van der Waals surface area contributed by atoms with Crippen LogP contribution in [0.4, 0.5) is 15.8 Å². The highest BCUT2D eigenvalue weighted by molar-refractivity contribution is 6.31. The van der Waals surface area contributed by atoms with Gasteiger partial charge in [-0.15, -0.1) is 0 Å². The Hall–Kier alpha value is -5.34. The molecule has 5 aliphatic heterocycles. The number of benzene rings is 4. The molecule has 6 atom stereocenters. The van der Waals surface area contributed by atoms with E-state index < -0.39 is 29.2 Å². The van der Waals surface area contributed by atoms with Gasteiger partial charge < -0.3 is 26.2 Å². The van der Waals surface area contributed by atoms with Gasteiger partial charge in [-0.05, 0) is 98.0 Å². The van der Waals surface area contributed by atoms with Crippen molar-refractivity contribution in [3.05, 3.63) is 128 Å². The van der Waals surface area contributed by atoms with Gasteiger partial charge in [-0.1, -0.05) is 59.6 Å². The van der Waals surface area contributed by atoms with Crippen LogP contribution in [0.3, 0.4) is 0 Å². The lowest BCUT2D eigenvalue weighted by Gasteiger charge is -2.41. The van der Waals surface area contributed by atoms with E-state index in [0.717, 1.165) is 48.1 Å². The first kappa shape index (κ1) is 40.7. The molecule has 1 spiro atoms. The number of anilines is 2. The number of piperidine rings is 1. The van der Waals surface area contributed by atoms with Gasteiger partial charge in [0.15, 0.2) is 0 Å².